The molecule has 0 spiro atoms. The number of aromatic hydroxyl groups is 1. The third kappa shape index (κ3) is 4.12. The second-order valence-electron chi connectivity index (χ2n) is 2.21. The number of aliphatic carboxylic acids is 1. The van der Waals surface area contributed by atoms with Gasteiger partial charge in [-0.2, -0.15) is 0 Å². The van der Waals surface area contributed by atoms with Gasteiger partial charge in [-0.15, -0.1) is 0 Å². The molecule has 0 saturated heterocycles. The van der Waals surface area contributed by atoms with Crippen LogP contribution in [-0.4, -0.2) is 11.1 Å². The van der Waals surface area contributed by atoms with E-state index in [0.29, 0.717) is 5.56 Å². The molecule has 1 N–H and O–H groups in total. The van der Waals surface area contributed by atoms with Gasteiger partial charge in [0.05, 0.1) is 5.97 Å². The van der Waals surface area contributed by atoms with Gasteiger partial charge in [-0.05, 0) is 18.2 Å². The fraction of sp³-hybridized carbons (Fsp3) is 0. The van der Waals surface area contributed by atoms with Crippen molar-refractivity contribution in [2.45, 2.75) is 0 Å². The molecule has 1 rings (SSSR count). The van der Waals surface area contributed by atoms with Crippen LogP contribution in [0, 0.1) is 0 Å². The number of carbonyl (C=O) groups is 1. The molecule has 0 atom stereocenters. The molecule has 0 bridgehead atoms. The number of hydrogen-bond acceptors (Lipinski definition) is 3. The summed E-state index contributed by atoms with van der Waals surface area (Å²) in [5.74, 6) is -1.23. The number of para-hydroxylation sites is 1. The summed E-state index contributed by atoms with van der Waals surface area (Å²) in [4.78, 5) is 10.0. The second-order valence-corrected chi connectivity index (χ2v) is 2.21. The molecular formula is C9H7NaO3. The van der Waals surface area contributed by atoms with Crippen molar-refractivity contribution in [2.24, 2.45) is 0 Å². The SMILES string of the molecule is O=C([O-])C=Cc1ccccc1O.[Na+]. The minimum Gasteiger partial charge on any atom is -0.545 e. The van der Waals surface area contributed by atoms with Gasteiger partial charge in [-0.1, -0.05) is 18.2 Å². The minimum absolute atomic E-state index is 0. The van der Waals surface area contributed by atoms with Gasteiger partial charge in [0.1, 0.15) is 5.75 Å². The van der Waals surface area contributed by atoms with Crippen molar-refractivity contribution in [1.82, 2.24) is 0 Å². The summed E-state index contributed by atoms with van der Waals surface area (Å²) >= 11 is 0. The van der Waals surface area contributed by atoms with Gasteiger partial charge in [-0.3, -0.25) is 0 Å². The molecule has 3 nitrogen and oxygen atoms in total. The molecule has 0 unspecified atom stereocenters. The molecule has 13 heavy (non-hydrogen) atoms. The first-order chi connectivity index (χ1) is 5.70. The summed E-state index contributed by atoms with van der Waals surface area (Å²) in [6.07, 6.45) is 2.15. The Morgan fingerprint density at radius 1 is 1.38 bits per heavy atom. The number of carboxylic acids is 1. The van der Waals surface area contributed by atoms with Crippen LogP contribution in [0.3, 0.4) is 0 Å². The van der Waals surface area contributed by atoms with Gasteiger partial charge >= 0.3 is 29.6 Å². The van der Waals surface area contributed by atoms with Gasteiger partial charge in [0.2, 0.25) is 0 Å². The van der Waals surface area contributed by atoms with E-state index in [0.717, 1.165) is 6.08 Å². The summed E-state index contributed by atoms with van der Waals surface area (Å²) in [6.45, 7) is 0. The maximum atomic E-state index is 10.0. The molecule has 0 aliphatic rings. The van der Waals surface area contributed by atoms with Crippen molar-refractivity contribution in [1.29, 1.82) is 0 Å². The Hall–Kier alpha value is -0.770. The molecule has 0 radical (unpaired) electrons. The van der Waals surface area contributed by atoms with Crippen LogP contribution < -0.4 is 34.7 Å². The second kappa shape index (κ2) is 5.80. The van der Waals surface area contributed by atoms with E-state index >= 15 is 0 Å². The molecule has 0 aliphatic carbocycles. The minimum atomic E-state index is -1.28. The molecule has 0 aromatic heterocycles. The number of carbonyl (C=O) groups excluding carboxylic acids is 1. The molecule has 0 aliphatic heterocycles. The summed E-state index contributed by atoms with van der Waals surface area (Å²) in [6, 6.07) is 6.45. The van der Waals surface area contributed by atoms with E-state index in [2.05, 4.69) is 0 Å². The van der Waals surface area contributed by atoms with E-state index in [4.69, 9.17) is 5.11 Å². The zero-order valence-electron chi connectivity index (χ0n) is 7.23. The van der Waals surface area contributed by atoms with E-state index in [9.17, 15) is 9.90 Å². The van der Waals surface area contributed by atoms with Crippen LogP contribution in [0.5, 0.6) is 5.75 Å². The number of rotatable bonds is 2. The Morgan fingerprint density at radius 3 is 2.54 bits per heavy atom. The van der Waals surface area contributed by atoms with Gasteiger partial charge in [0.15, 0.2) is 0 Å². The normalized spacial score (nSPS) is 9.54. The third-order valence-electron chi connectivity index (χ3n) is 1.34. The molecule has 62 valence electrons. The third-order valence-corrected chi connectivity index (χ3v) is 1.34. The zero-order valence-corrected chi connectivity index (χ0v) is 9.23. The molecular weight excluding hydrogens is 179 g/mol. The quantitative estimate of drug-likeness (QED) is 0.400. The molecule has 0 heterocycles. The van der Waals surface area contributed by atoms with Gasteiger partial charge in [0, 0.05) is 5.56 Å². The van der Waals surface area contributed by atoms with Gasteiger partial charge in [0.25, 0.3) is 0 Å². The first-order valence-electron chi connectivity index (χ1n) is 3.37. The van der Waals surface area contributed by atoms with Crippen molar-refractivity contribution >= 4 is 12.0 Å². The molecule has 0 saturated carbocycles. The number of benzene rings is 1. The number of hydrogen-bond donors (Lipinski definition) is 1. The van der Waals surface area contributed by atoms with Crippen molar-refractivity contribution in [3.63, 3.8) is 0 Å². The molecule has 1 aromatic carbocycles. The van der Waals surface area contributed by atoms with Crippen LogP contribution in [0.15, 0.2) is 30.3 Å². The molecule has 1 aromatic rings. The largest absolute Gasteiger partial charge is 1.00 e. The first kappa shape index (κ1) is 12.2. The summed E-state index contributed by atoms with van der Waals surface area (Å²) in [7, 11) is 0. The molecule has 0 amide bonds. The van der Waals surface area contributed by atoms with E-state index in [1.165, 1.54) is 12.1 Å². The van der Waals surface area contributed by atoms with Crippen LogP contribution in [0.2, 0.25) is 0 Å². The summed E-state index contributed by atoms with van der Waals surface area (Å²) in [5.41, 5.74) is 0.460. The van der Waals surface area contributed by atoms with Crippen molar-refractivity contribution in [3.05, 3.63) is 35.9 Å². The van der Waals surface area contributed by atoms with Crippen LogP contribution in [0.4, 0.5) is 0 Å². The Bertz CT molecular complexity index is 320. The predicted octanol–water partition coefficient (Wildman–Crippen LogP) is -2.84. The average molecular weight is 186 g/mol. The maximum absolute atomic E-state index is 10.0. The van der Waals surface area contributed by atoms with Crippen molar-refractivity contribution in [3.8, 4) is 5.75 Å². The number of phenols is 1. The van der Waals surface area contributed by atoms with Crippen LogP contribution >= 0.6 is 0 Å². The van der Waals surface area contributed by atoms with Crippen LogP contribution in [-0.2, 0) is 4.79 Å². The van der Waals surface area contributed by atoms with Crippen LogP contribution in [0.1, 0.15) is 5.56 Å². The number of phenolic OH excluding ortho intramolecular Hbond substituents is 1. The smallest absolute Gasteiger partial charge is 0.545 e. The Kier molecular flexibility index (Phi) is 5.46. The molecule has 4 heteroatoms. The topological polar surface area (TPSA) is 60.4 Å². The zero-order chi connectivity index (χ0) is 8.97. The van der Waals surface area contributed by atoms with Crippen molar-refractivity contribution < 1.29 is 44.6 Å². The van der Waals surface area contributed by atoms with Gasteiger partial charge < -0.3 is 15.0 Å². The standard InChI is InChI=1S/C9H8O3.Na/c10-8-4-2-1-3-7(8)5-6-9(11)12;/h1-6,10H,(H,11,12);/q;+1/p-1. The fourth-order valence-electron chi connectivity index (χ4n) is 0.786. The van der Waals surface area contributed by atoms with Crippen molar-refractivity contribution in [2.75, 3.05) is 0 Å². The van der Waals surface area contributed by atoms with Gasteiger partial charge in [-0.25, -0.2) is 0 Å². The average Bonchev–Trinajstić information content (AvgIpc) is 2.03. The Labute approximate surface area is 98.0 Å². The fourth-order valence-corrected chi connectivity index (χ4v) is 0.786. The molecule has 0 fully saturated rings. The van der Waals surface area contributed by atoms with E-state index in [1.54, 1.807) is 18.2 Å². The Morgan fingerprint density at radius 2 is 2.00 bits per heavy atom. The summed E-state index contributed by atoms with van der Waals surface area (Å²) in [5, 5.41) is 19.2. The van der Waals surface area contributed by atoms with E-state index < -0.39 is 5.97 Å². The van der Waals surface area contributed by atoms with Crippen LogP contribution in [0.25, 0.3) is 6.08 Å². The number of carboxylic acid groups (broad SMARTS) is 1. The van der Waals surface area contributed by atoms with E-state index in [-0.39, 0.29) is 35.3 Å². The summed E-state index contributed by atoms with van der Waals surface area (Å²) < 4.78 is 0. The van der Waals surface area contributed by atoms with E-state index in [1.807, 2.05) is 0 Å². The maximum Gasteiger partial charge on any atom is 1.00 e. The monoisotopic (exact) mass is 186 g/mol. The first-order valence-corrected chi connectivity index (χ1v) is 3.37. The predicted molar refractivity (Wildman–Crippen MR) is 42.1 cm³/mol. The Balaban J connectivity index is 0.00000144.